The summed E-state index contributed by atoms with van der Waals surface area (Å²) in [4.78, 5) is 7.38. The van der Waals surface area contributed by atoms with Crippen molar-refractivity contribution in [2.45, 2.75) is 19.2 Å². The number of nitrogens with one attached hydrogen (secondary N) is 1. The predicted octanol–water partition coefficient (Wildman–Crippen LogP) is 2.74. The Kier molecular flexibility index (Phi) is 2.61. The molecule has 76 valence electrons. The Balaban J connectivity index is 2.76. The van der Waals surface area contributed by atoms with E-state index in [0.717, 1.165) is 23.0 Å². The Morgan fingerprint density at radius 2 is 2.33 bits per heavy atom. The monoisotopic (exact) mass is 219 g/mol. The van der Waals surface area contributed by atoms with Crippen LogP contribution in [0.2, 0.25) is 0 Å². The quantitative estimate of drug-likeness (QED) is 0.790. The fourth-order valence-corrected chi connectivity index (χ4v) is 1.78. The molecule has 2 aromatic rings. The van der Waals surface area contributed by atoms with Gasteiger partial charge in [0.25, 0.3) is 0 Å². The number of halogens is 1. The molecular formula is C11H10ClN3. The first-order chi connectivity index (χ1) is 7.30. The van der Waals surface area contributed by atoms with Crippen molar-refractivity contribution in [2.75, 3.05) is 0 Å². The van der Waals surface area contributed by atoms with Gasteiger partial charge in [0.1, 0.15) is 17.4 Å². The third kappa shape index (κ3) is 1.57. The van der Waals surface area contributed by atoms with E-state index in [4.69, 9.17) is 16.9 Å². The van der Waals surface area contributed by atoms with Crippen molar-refractivity contribution in [3.63, 3.8) is 0 Å². The molecule has 0 fully saturated rings. The van der Waals surface area contributed by atoms with E-state index in [1.54, 1.807) is 0 Å². The number of hydrogen-bond donors (Lipinski definition) is 1. The minimum absolute atomic E-state index is 0.334. The molecule has 0 saturated heterocycles. The van der Waals surface area contributed by atoms with Crippen LogP contribution in [0.1, 0.15) is 23.9 Å². The van der Waals surface area contributed by atoms with Crippen molar-refractivity contribution in [1.29, 1.82) is 5.26 Å². The Morgan fingerprint density at radius 1 is 1.53 bits per heavy atom. The van der Waals surface area contributed by atoms with Gasteiger partial charge in [-0.05, 0) is 18.1 Å². The lowest BCUT2D eigenvalue weighted by molar-refractivity contribution is 1.12. The van der Waals surface area contributed by atoms with Crippen LogP contribution in [0.4, 0.5) is 0 Å². The molecule has 1 aromatic heterocycles. The van der Waals surface area contributed by atoms with E-state index in [2.05, 4.69) is 16.0 Å². The maximum Gasteiger partial charge on any atom is 0.122 e. The molecule has 1 aromatic carbocycles. The molecule has 4 heteroatoms. The molecule has 1 heterocycles. The smallest absolute Gasteiger partial charge is 0.122 e. The average molecular weight is 220 g/mol. The third-order valence-electron chi connectivity index (χ3n) is 2.41. The highest BCUT2D eigenvalue weighted by Crippen LogP contribution is 2.21. The second kappa shape index (κ2) is 3.92. The third-order valence-corrected chi connectivity index (χ3v) is 2.66. The van der Waals surface area contributed by atoms with E-state index in [9.17, 15) is 0 Å². The summed E-state index contributed by atoms with van der Waals surface area (Å²) in [6.45, 7) is 2.02. The zero-order valence-corrected chi connectivity index (χ0v) is 9.10. The van der Waals surface area contributed by atoms with Gasteiger partial charge >= 0.3 is 0 Å². The van der Waals surface area contributed by atoms with Gasteiger partial charge in [0.2, 0.25) is 0 Å². The van der Waals surface area contributed by atoms with E-state index in [0.29, 0.717) is 17.3 Å². The van der Waals surface area contributed by atoms with Gasteiger partial charge in [-0.15, -0.1) is 11.6 Å². The molecule has 0 saturated carbocycles. The van der Waals surface area contributed by atoms with Crippen LogP contribution in [0.15, 0.2) is 12.1 Å². The largest absolute Gasteiger partial charge is 0.341 e. The van der Waals surface area contributed by atoms with E-state index in [-0.39, 0.29) is 0 Å². The summed E-state index contributed by atoms with van der Waals surface area (Å²) in [5, 5.41) is 9.09. The number of nitrogens with zero attached hydrogens (tertiary/aromatic N) is 2. The fourth-order valence-electron chi connectivity index (χ4n) is 1.65. The first kappa shape index (κ1) is 10.0. The minimum atomic E-state index is 0.334. The van der Waals surface area contributed by atoms with Crippen molar-refractivity contribution < 1.29 is 0 Å². The van der Waals surface area contributed by atoms with Crippen LogP contribution in [0.3, 0.4) is 0 Å². The number of H-pyrrole nitrogens is 1. The lowest BCUT2D eigenvalue weighted by Crippen LogP contribution is -1.88. The summed E-state index contributed by atoms with van der Waals surface area (Å²) < 4.78 is 0. The van der Waals surface area contributed by atoms with Crippen molar-refractivity contribution in [1.82, 2.24) is 9.97 Å². The first-order valence-corrected chi connectivity index (χ1v) is 5.30. The van der Waals surface area contributed by atoms with Gasteiger partial charge < -0.3 is 4.98 Å². The van der Waals surface area contributed by atoms with E-state index < -0.39 is 0 Å². The van der Waals surface area contributed by atoms with Crippen LogP contribution in [-0.4, -0.2) is 9.97 Å². The zero-order chi connectivity index (χ0) is 10.8. The van der Waals surface area contributed by atoms with Crippen molar-refractivity contribution in [2.24, 2.45) is 0 Å². The first-order valence-electron chi connectivity index (χ1n) is 4.76. The zero-order valence-electron chi connectivity index (χ0n) is 8.34. The molecule has 2 rings (SSSR count). The number of hydrogen-bond acceptors (Lipinski definition) is 2. The lowest BCUT2D eigenvalue weighted by Gasteiger charge is -1.99. The second-order valence-corrected chi connectivity index (χ2v) is 3.55. The van der Waals surface area contributed by atoms with Gasteiger partial charge in [-0.2, -0.15) is 5.26 Å². The van der Waals surface area contributed by atoms with Gasteiger partial charge in [-0.3, -0.25) is 0 Å². The van der Waals surface area contributed by atoms with Crippen LogP contribution in [0, 0.1) is 11.3 Å². The lowest BCUT2D eigenvalue weighted by atomic mass is 10.0. The number of fused-ring (bicyclic) bond motifs is 1. The highest BCUT2D eigenvalue weighted by Gasteiger charge is 2.10. The van der Waals surface area contributed by atoms with Gasteiger partial charge in [-0.1, -0.05) is 13.0 Å². The van der Waals surface area contributed by atoms with Gasteiger partial charge in [0.05, 0.1) is 17.0 Å². The van der Waals surface area contributed by atoms with E-state index in [1.165, 1.54) is 0 Å². The number of alkyl halides is 1. The topological polar surface area (TPSA) is 52.5 Å². The highest BCUT2D eigenvalue weighted by atomic mass is 35.5. The van der Waals surface area contributed by atoms with Gasteiger partial charge in [0.15, 0.2) is 0 Å². The molecule has 0 aliphatic rings. The summed E-state index contributed by atoms with van der Waals surface area (Å²) in [6, 6.07) is 6.10. The Labute approximate surface area is 92.7 Å². The second-order valence-electron chi connectivity index (χ2n) is 3.28. The molecule has 0 aliphatic carbocycles. The van der Waals surface area contributed by atoms with E-state index >= 15 is 0 Å². The summed E-state index contributed by atoms with van der Waals surface area (Å²) in [6.07, 6.45) is 0.835. The summed E-state index contributed by atoms with van der Waals surface area (Å²) >= 11 is 5.69. The van der Waals surface area contributed by atoms with Crippen molar-refractivity contribution >= 4 is 22.6 Å². The summed E-state index contributed by atoms with van der Waals surface area (Å²) in [5.41, 5.74) is 3.28. The molecule has 0 atom stereocenters. The molecule has 0 amide bonds. The molecule has 0 radical (unpaired) electrons. The van der Waals surface area contributed by atoms with Gasteiger partial charge in [0, 0.05) is 0 Å². The Morgan fingerprint density at radius 3 is 2.93 bits per heavy atom. The van der Waals surface area contributed by atoms with Crippen LogP contribution >= 0.6 is 11.6 Å². The van der Waals surface area contributed by atoms with E-state index in [1.807, 2.05) is 19.1 Å². The van der Waals surface area contributed by atoms with Crippen LogP contribution < -0.4 is 0 Å². The Bertz CT molecular complexity index is 536. The van der Waals surface area contributed by atoms with Crippen molar-refractivity contribution in [3.8, 4) is 6.07 Å². The summed E-state index contributed by atoms with van der Waals surface area (Å²) in [5.74, 6) is 1.04. The molecular weight excluding hydrogens is 210 g/mol. The molecule has 15 heavy (non-hydrogen) atoms. The molecule has 0 unspecified atom stereocenters. The standard InChI is InChI=1S/C11H10ClN3/c1-2-7-3-4-9-11(8(7)6-13)15-10(5-12)14-9/h3-4H,2,5H2,1H3,(H,14,15). The number of aromatic nitrogens is 2. The number of aromatic amines is 1. The number of imidazole rings is 1. The summed E-state index contributed by atoms with van der Waals surface area (Å²) in [7, 11) is 0. The normalized spacial score (nSPS) is 10.5. The molecule has 0 bridgehead atoms. The molecule has 0 spiro atoms. The van der Waals surface area contributed by atoms with Crippen LogP contribution in [0.5, 0.6) is 0 Å². The molecule has 3 nitrogen and oxygen atoms in total. The maximum atomic E-state index is 9.09. The van der Waals surface area contributed by atoms with Crippen LogP contribution in [-0.2, 0) is 12.3 Å². The molecule has 1 N–H and O–H groups in total. The molecule has 0 aliphatic heterocycles. The fraction of sp³-hybridized carbons (Fsp3) is 0.273. The number of nitriles is 1. The van der Waals surface area contributed by atoms with Crippen molar-refractivity contribution in [3.05, 3.63) is 29.1 Å². The van der Waals surface area contributed by atoms with Gasteiger partial charge in [-0.25, -0.2) is 4.98 Å². The number of rotatable bonds is 2. The maximum absolute atomic E-state index is 9.09. The number of benzene rings is 1. The Hall–Kier alpha value is -1.53. The minimum Gasteiger partial charge on any atom is -0.341 e. The number of aryl methyl sites for hydroxylation is 1. The average Bonchev–Trinajstić information content (AvgIpc) is 2.70. The highest BCUT2D eigenvalue weighted by molar-refractivity contribution is 6.16. The SMILES string of the molecule is CCc1ccc2[nH]c(CCl)nc2c1C#N. The van der Waals surface area contributed by atoms with Crippen LogP contribution in [0.25, 0.3) is 11.0 Å². The predicted molar refractivity (Wildman–Crippen MR) is 59.7 cm³/mol.